The number of aromatic nitrogens is 1. The van der Waals surface area contributed by atoms with Crippen molar-refractivity contribution in [2.24, 2.45) is 0 Å². The lowest BCUT2D eigenvalue weighted by Crippen LogP contribution is -2.52. The van der Waals surface area contributed by atoms with Crippen LogP contribution in [0.15, 0.2) is 60.9 Å². The highest BCUT2D eigenvalue weighted by Crippen LogP contribution is 2.51. The Kier molecular flexibility index (Phi) is 7.50. The third-order valence-electron chi connectivity index (χ3n) is 8.13. The molecular weight excluding hydrogens is 476 g/mol. The van der Waals surface area contributed by atoms with E-state index in [2.05, 4.69) is 71.6 Å². The highest BCUT2D eigenvalue weighted by atomic mass is 16.5. The minimum absolute atomic E-state index is 0.129. The zero-order chi connectivity index (χ0) is 26.9. The van der Waals surface area contributed by atoms with Gasteiger partial charge in [0.1, 0.15) is 17.1 Å². The second kappa shape index (κ2) is 10.8. The first-order valence-corrected chi connectivity index (χ1v) is 13.8. The summed E-state index contributed by atoms with van der Waals surface area (Å²) in [6.45, 7) is 15.5. The minimum Gasteiger partial charge on any atom is -0.494 e. The molecule has 1 N–H and O–H groups in total. The monoisotopic (exact) mass is 516 g/mol. The van der Waals surface area contributed by atoms with E-state index >= 15 is 0 Å². The number of hydrogen-bond acceptors (Lipinski definition) is 5. The van der Waals surface area contributed by atoms with Crippen molar-refractivity contribution in [2.45, 2.75) is 45.2 Å². The van der Waals surface area contributed by atoms with Crippen molar-refractivity contribution in [3.05, 3.63) is 77.8 Å². The molecule has 0 saturated carbocycles. The predicted molar refractivity (Wildman–Crippen MR) is 151 cm³/mol. The number of nitrogens with one attached hydrogen (secondary N) is 1. The number of hydrogen-bond donors (Lipinski definition) is 1. The number of likely N-dealkylation sites (N-methyl/N-ethyl adjacent to an activating group) is 1. The van der Waals surface area contributed by atoms with Crippen LogP contribution < -0.4 is 4.74 Å². The number of aromatic amines is 1. The first-order chi connectivity index (χ1) is 18.4. The number of benzene rings is 2. The molecule has 2 aromatic carbocycles. The van der Waals surface area contributed by atoms with E-state index in [1.165, 1.54) is 5.56 Å². The van der Waals surface area contributed by atoms with E-state index < -0.39 is 5.54 Å². The van der Waals surface area contributed by atoms with Crippen molar-refractivity contribution >= 4 is 16.8 Å². The van der Waals surface area contributed by atoms with Gasteiger partial charge in [-0.25, -0.2) is 0 Å². The highest BCUT2D eigenvalue weighted by molar-refractivity contribution is 5.94. The molecule has 1 fully saturated rings. The van der Waals surface area contributed by atoms with Crippen LogP contribution in [-0.4, -0.2) is 77.6 Å². The standard InChI is InChI=1S/C31H40N4O3/c1-6-33(18-19-37-5)16-11-17-34-22(3)35-29(23-12-9-8-10-13-23)28-26(21-31(35,4)30(34)36)25-20-24(38-7-2)14-15-27(25)32-28/h8-10,12-15,20,29,32H,3,6-7,11,16-19,21H2,1-2,4-5H3/t29-,31+/m1/s1. The maximum atomic E-state index is 14.2. The third kappa shape index (κ3) is 4.48. The van der Waals surface area contributed by atoms with Crippen LogP contribution in [0.1, 0.15) is 50.1 Å². The molecule has 7 nitrogen and oxygen atoms in total. The van der Waals surface area contributed by atoms with E-state index in [1.54, 1.807) is 7.11 Å². The van der Waals surface area contributed by atoms with Crippen LogP contribution in [0.2, 0.25) is 0 Å². The summed E-state index contributed by atoms with van der Waals surface area (Å²) in [5.41, 5.74) is 3.80. The fraction of sp³-hybridized carbons (Fsp3) is 0.452. The van der Waals surface area contributed by atoms with Crippen LogP contribution in [0.3, 0.4) is 0 Å². The summed E-state index contributed by atoms with van der Waals surface area (Å²) in [4.78, 5) is 24.4. The number of amides is 1. The molecule has 3 heterocycles. The second-order valence-electron chi connectivity index (χ2n) is 10.4. The van der Waals surface area contributed by atoms with Gasteiger partial charge in [-0.15, -0.1) is 0 Å². The summed E-state index contributed by atoms with van der Waals surface area (Å²) in [5, 5.41) is 1.13. The molecule has 2 aliphatic heterocycles. The van der Waals surface area contributed by atoms with Crippen molar-refractivity contribution < 1.29 is 14.3 Å². The van der Waals surface area contributed by atoms with E-state index in [0.29, 0.717) is 26.2 Å². The number of rotatable bonds is 11. The molecule has 1 amide bonds. The smallest absolute Gasteiger partial charge is 0.254 e. The SMILES string of the molecule is C=C1N(CCCN(CC)CCOC)C(=O)[C@]2(C)Cc3c([nH]c4ccc(OCC)cc34)[C@@H](c3ccccc3)N12. The molecule has 2 aliphatic rings. The average molecular weight is 517 g/mol. The Hall–Kier alpha value is -3.29. The summed E-state index contributed by atoms with van der Waals surface area (Å²) in [7, 11) is 1.73. The Balaban J connectivity index is 1.51. The maximum absolute atomic E-state index is 14.2. The van der Waals surface area contributed by atoms with Crippen LogP contribution in [0.25, 0.3) is 10.9 Å². The van der Waals surface area contributed by atoms with Gasteiger partial charge in [0.25, 0.3) is 5.91 Å². The van der Waals surface area contributed by atoms with Gasteiger partial charge in [-0.05, 0) is 62.7 Å². The summed E-state index contributed by atoms with van der Waals surface area (Å²) >= 11 is 0. The van der Waals surface area contributed by atoms with Crippen LogP contribution in [0.5, 0.6) is 5.75 Å². The molecule has 0 unspecified atom stereocenters. The van der Waals surface area contributed by atoms with E-state index in [4.69, 9.17) is 9.47 Å². The largest absolute Gasteiger partial charge is 0.494 e. The third-order valence-corrected chi connectivity index (χ3v) is 8.13. The van der Waals surface area contributed by atoms with E-state index in [0.717, 1.165) is 59.8 Å². The van der Waals surface area contributed by atoms with Gasteiger partial charge in [0.05, 0.1) is 19.3 Å². The lowest BCUT2D eigenvalue weighted by molar-refractivity contribution is -0.133. The zero-order valence-electron chi connectivity index (χ0n) is 23.1. The van der Waals surface area contributed by atoms with Crippen molar-refractivity contribution in [1.82, 2.24) is 19.7 Å². The highest BCUT2D eigenvalue weighted by Gasteiger charge is 2.57. The summed E-state index contributed by atoms with van der Waals surface area (Å²) < 4.78 is 11.1. The Morgan fingerprint density at radius 2 is 1.95 bits per heavy atom. The number of methoxy groups -OCH3 is 1. The Morgan fingerprint density at radius 1 is 1.16 bits per heavy atom. The Morgan fingerprint density at radius 3 is 2.66 bits per heavy atom. The normalized spacial score (nSPS) is 20.9. The molecule has 1 saturated heterocycles. The lowest BCUT2D eigenvalue weighted by atomic mass is 9.81. The van der Waals surface area contributed by atoms with Gasteiger partial charge in [-0.1, -0.05) is 43.8 Å². The minimum atomic E-state index is -0.720. The Labute approximate surface area is 226 Å². The molecule has 2 atom stereocenters. The fourth-order valence-corrected chi connectivity index (χ4v) is 6.20. The molecule has 202 valence electrons. The summed E-state index contributed by atoms with van der Waals surface area (Å²) in [5.74, 6) is 1.76. The van der Waals surface area contributed by atoms with Crippen molar-refractivity contribution in [1.29, 1.82) is 0 Å². The van der Waals surface area contributed by atoms with Crippen LogP contribution in [-0.2, 0) is 16.0 Å². The van der Waals surface area contributed by atoms with Crippen molar-refractivity contribution in [3.63, 3.8) is 0 Å². The average Bonchev–Trinajstić information content (AvgIpc) is 3.37. The maximum Gasteiger partial charge on any atom is 0.254 e. The van der Waals surface area contributed by atoms with E-state index in [-0.39, 0.29) is 11.9 Å². The first-order valence-electron chi connectivity index (χ1n) is 13.8. The van der Waals surface area contributed by atoms with Gasteiger partial charge in [0, 0.05) is 43.2 Å². The summed E-state index contributed by atoms with van der Waals surface area (Å²) in [6.07, 6.45) is 1.50. The fourth-order valence-electron chi connectivity index (χ4n) is 6.20. The molecule has 3 aromatic rings. The topological polar surface area (TPSA) is 61.0 Å². The first kappa shape index (κ1) is 26.3. The molecule has 0 bridgehead atoms. The predicted octanol–water partition coefficient (Wildman–Crippen LogP) is 4.94. The van der Waals surface area contributed by atoms with Gasteiger partial charge < -0.3 is 24.3 Å². The number of H-pyrrole nitrogens is 1. The van der Waals surface area contributed by atoms with Gasteiger partial charge in [0.15, 0.2) is 0 Å². The lowest BCUT2D eigenvalue weighted by Gasteiger charge is -2.44. The van der Waals surface area contributed by atoms with E-state index in [1.807, 2.05) is 24.0 Å². The molecular formula is C31H40N4O3. The van der Waals surface area contributed by atoms with Crippen molar-refractivity contribution in [3.8, 4) is 5.75 Å². The van der Waals surface area contributed by atoms with Gasteiger partial charge in [-0.2, -0.15) is 0 Å². The van der Waals surface area contributed by atoms with Gasteiger partial charge >= 0.3 is 0 Å². The number of carbonyl (C=O) groups is 1. The summed E-state index contributed by atoms with van der Waals surface area (Å²) in [6, 6.07) is 16.5. The zero-order valence-corrected chi connectivity index (χ0v) is 23.1. The van der Waals surface area contributed by atoms with E-state index in [9.17, 15) is 4.79 Å². The molecule has 0 spiro atoms. The number of carbonyl (C=O) groups excluding carboxylic acids is 1. The molecule has 7 heteroatoms. The molecule has 5 rings (SSSR count). The Bertz CT molecular complexity index is 1300. The van der Waals surface area contributed by atoms with Gasteiger partial charge in [-0.3, -0.25) is 9.69 Å². The van der Waals surface area contributed by atoms with Gasteiger partial charge in [0.2, 0.25) is 0 Å². The van der Waals surface area contributed by atoms with Crippen molar-refractivity contribution in [2.75, 3.05) is 46.5 Å². The number of fused-ring (bicyclic) bond motifs is 4. The molecule has 1 aromatic heterocycles. The number of ether oxygens (including phenoxy) is 2. The quantitative estimate of drug-likeness (QED) is 0.391. The number of nitrogens with zero attached hydrogens (tertiary/aromatic N) is 3. The van der Waals surface area contributed by atoms with Crippen LogP contribution in [0.4, 0.5) is 0 Å². The van der Waals surface area contributed by atoms with Crippen LogP contribution in [0, 0.1) is 0 Å². The van der Waals surface area contributed by atoms with Crippen LogP contribution >= 0.6 is 0 Å². The molecule has 0 aliphatic carbocycles. The molecule has 0 radical (unpaired) electrons. The molecule has 38 heavy (non-hydrogen) atoms. The second-order valence-corrected chi connectivity index (χ2v) is 10.4.